The van der Waals surface area contributed by atoms with Crippen molar-refractivity contribution in [3.05, 3.63) is 23.8 Å². The SMILES string of the molecule is CC(C)(C)C(C#N)NS(=O)(=O)c1ccc2c(c1)CCCO2. The van der Waals surface area contributed by atoms with Gasteiger partial charge in [-0.15, -0.1) is 0 Å². The second-order valence-electron chi connectivity index (χ2n) is 6.27. The van der Waals surface area contributed by atoms with E-state index in [2.05, 4.69) is 4.72 Å². The molecule has 114 valence electrons. The van der Waals surface area contributed by atoms with Crippen molar-refractivity contribution in [3.8, 4) is 11.8 Å². The summed E-state index contributed by atoms with van der Waals surface area (Å²) in [5, 5.41) is 9.17. The molecule has 1 N–H and O–H groups in total. The molecule has 1 atom stereocenters. The highest BCUT2D eigenvalue weighted by molar-refractivity contribution is 7.89. The van der Waals surface area contributed by atoms with Crippen LogP contribution in [-0.2, 0) is 16.4 Å². The van der Waals surface area contributed by atoms with Gasteiger partial charge in [0.25, 0.3) is 0 Å². The predicted molar refractivity (Wildman–Crippen MR) is 79.4 cm³/mol. The number of rotatable bonds is 3. The zero-order valence-electron chi connectivity index (χ0n) is 12.5. The summed E-state index contributed by atoms with van der Waals surface area (Å²) in [6.45, 7) is 6.14. The van der Waals surface area contributed by atoms with Gasteiger partial charge >= 0.3 is 0 Å². The van der Waals surface area contributed by atoms with E-state index in [4.69, 9.17) is 10.00 Å². The summed E-state index contributed by atoms with van der Waals surface area (Å²) in [6.07, 6.45) is 1.69. The molecule has 0 aromatic heterocycles. The van der Waals surface area contributed by atoms with Crippen molar-refractivity contribution in [1.82, 2.24) is 4.72 Å². The highest BCUT2D eigenvalue weighted by atomic mass is 32.2. The average molecular weight is 308 g/mol. The number of nitriles is 1. The molecule has 1 aromatic rings. The molecule has 0 fully saturated rings. The standard InChI is InChI=1S/C15H20N2O3S/c1-15(2,3)14(10-16)17-21(18,19)12-6-7-13-11(9-12)5-4-8-20-13/h6-7,9,14,17H,4-5,8H2,1-3H3. The van der Waals surface area contributed by atoms with Crippen LogP contribution in [0.1, 0.15) is 32.8 Å². The van der Waals surface area contributed by atoms with Gasteiger partial charge in [0.1, 0.15) is 11.8 Å². The molecule has 0 saturated carbocycles. The fourth-order valence-corrected chi connectivity index (χ4v) is 3.52. The Balaban J connectivity index is 2.30. The van der Waals surface area contributed by atoms with E-state index < -0.39 is 21.5 Å². The van der Waals surface area contributed by atoms with E-state index in [-0.39, 0.29) is 4.90 Å². The average Bonchev–Trinajstić information content (AvgIpc) is 2.43. The smallest absolute Gasteiger partial charge is 0.241 e. The number of aryl methyl sites for hydroxylation is 1. The van der Waals surface area contributed by atoms with Gasteiger partial charge in [-0.3, -0.25) is 0 Å². The van der Waals surface area contributed by atoms with Crippen molar-refractivity contribution < 1.29 is 13.2 Å². The number of nitrogens with one attached hydrogen (secondary N) is 1. The first kappa shape index (κ1) is 15.8. The van der Waals surface area contributed by atoms with E-state index in [1.54, 1.807) is 12.1 Å². The van der Waals surface area contributed by atoms with Crippen LogP contribution in [0, 0.1) is 16.7 Å². The molecule has 5 nitrogen and oxygen atoms in total. The van der Waals surface area contributed by atoms with Crippen LogP contribution in [0.25, 0.3) is 0 Å². The quantitative estimate of drug-likeness (QED) is 0.928. The van der Waals surface area contributed by atoms with Crippen molar-refractivity contribution in [1.29, 1.82) is 5.26 Å². The van der Waals surface area contributed by atoms with Crippen molar-refractivity contribution in [2.24, 2.45) is 5.41 Å². The van der Waals surface area contributed by atoms with Crippen LogP contribution in [0.2, 0.25) is 0 Å². The molecule has 1 unspecified atom stereocenters. The number of sulfonamides is 1. The van der Waals surface area contributed by atoms with Gasteiger partial charge in [0.05, 0.1) is 17.6 Å². The van der Waals surface area contributed by atoms with Crippen LogP contribution in [0.3, 0.4) is 0 Å². The van der Waals surface area contributed by atoms with Gasteiger partial charge in [-0.25, -0.2) is 8.42 Å². The Bertz CT molecular complexity index is 669. The first-order valence-electron chi connectivity index (χ1n) is 6.92. The fraction of sp³-hybridized carbons (Fsp3) is 0.533. The largest absolute Gasteiger partial charge is 0.493 e. The molecule has 1 aromatic carbocycles. The van der Waals surface area contributed by atoms with E-state index in [0.29, 0.717) is 6.61 Å². The molecule has 0 radical (unpaired) electrons. The number of fused-ring (bicyclic) bond motifs is 1. The third kappa shape index (κ3) is 3.55. The minimum atomic E-state index is -3.72. The summed E-state index contributed by atoms with van der Waals surface area (Å²) in [7, 11) is -3.72. The molecule has 1 aliphatic heterocycles. The molecule has 0 saturated heterocycles. The molecule has 0 bridgehead atoms. The lowest BCUT2D eigenvalue weighted by molar-refractivity contribution is 0.288. The van der Waals surface area contributed by atoms with Crippen molar-refractivity contribution in [2.45, 2.75) is 44.6 Å². The highest BCUT2D eigenvalue weighted by Crippen LogP contribution is 2.28. The van der Waals surface area contributed by atoms with Gasteiger partial charge < -0.3 is 4.74 Å². The molecule has 6 heteroatoms. The molecular formula is C15H20N2O3S. The van der Waals surface area contributed by atoms with Crippen molar-refractivity contribution in [3.63, 3.8) is 0 Å². The van der Waals surface area contributed by atoms with E-state index in [0.717, 1.165) is 24.2 Å². The zero-order valence-corrected chi connectivity index (χ0v) is 13.3. The molecule has 0 aliphatic carbocycles. The molecule has 0 spiro atoms. The second kappa shape index (κ2) is 5.66. The molecule has 21 heavy (non-hydrogen) atoms. The second-order valence-corrected chi connectivity index (χ2v) is 7.98. The Morgan fingerprint density at radius 2 is 2.10 bits per heavy atom. The maximum atomic E-state index is 12.4. The normalized spacial score (nSPS) is 16.5. The topological polar surface area (TPSA) is 79.2 Å². The highest BCUT2D eigenvalue weighted by Gasteiger charge is 2.30. The van der Waals surface area contributed by atoms with Gasteiger partial charge in [-0.05, 0) is 42.0 Å². The lowest BCUT2D eigenvalue weighted by atomic mass is 9.88. The maximum Gasteiger partial charge on any atom is 0.241 e. The van der Waals surface area contributed by atoms with E-state index in [9.17, 15) is 8.42 Å². The molecular weight excluding hydrogens is 288 g/mol. The summed E-state index contributed by atoms with van der Waals surface area (Å²) in [5.74, 6) is 0.743. The maximum absolute atomic E-state index is 12.4. The number of ether oxygens (including phenoxy) is 1. The number of hydrogen-bond donors (Lipinski definition) is 1. The summed E-state index contributed by atoms with van der Waals surface area (Å²) < 4.78 is 32.8. The molecule has 0 amide bonds. The summed E-state index contributed by atoms with van der Waals surface area (Å²) in [6, 6.07) is 6.06. The Kier molecular flexibility index (Phi) is 4.26. The first-order chi connectivity index (χ1) is 9.74. The zero-order chi connectivity index (χ0) is 15.7. The van der Waals surface area contributed by atoms with Crippen molar-refractivity contribution in [2.75, 3.05) is 6.61 Å². The Hall–Kier alpha value is -1.58. The van der Waals surface area contributed by atoms with E-state index >= 15 is 0 Å². The third-order valence-corrected chi connectivity index (χ3v) is 4.88. The number of nitrogens with zero attached hydrogens (tertiary/aromatic N) is 1. The van der Waals surface area contributed by atoms with Crippen LogP contribution < -0.4 is 9.46 Å². The third-order valence-electron chi connectivity index (χ3n) is 3.46. The van der Waals surface area contributed by atoms with Crippen molar-refractivity contribution >= 4 is 10.0 Å². The van der Waals surface area contributed by atoms with E-state index in [1.165, 1.54) is 6.07 Å². The Morgan fingerprint density at radius 3 is 2.71 bits per heavy atom. The van der Waals surface area contributed by atoms with E-state index in [1.807, 2.05) is 26.8 Å². The Morgan fingerprint density at radius 1 is 1.38 bits per heavy atom. The van der Waals surface area contributed by atoms with Gasteiger partial charge in [0, 0.05) is 0 Å². The summed E-state index contributed by atoms with van der Waals surface area (Å²) >= 11 is 0. The van der Waals surface area contributed by atoms with Crippen LogP contribution in [0.4, 0.5) is 0 Å². The molecule has 2 rings (SSSR count). The van der Waals surface area contributed by atoms with Gasteiger partial charge in [0.15, 0.2) is 0 Å². The fourth-order valence-electron chi connectivity index (χ4n) is 2.12. The van der Waals surface area contributed by atoms with Gasteiger partial charge in [-0.1, -0.05) is 20.8 Å². The van der Waals surface area contributed by atoms with Crippen LogP contribution in [-0.4, -0.2) is 21.1 Å². The monoisotopic (exact) mass is 308 g/mol. The first-order valence-corrected chi connectivity index (χ1v) is 8.40. The summed E-state index contributed by atoms with van der Waals surface area (Å²) in [4.78, 5) is 0.177. The molecule has 1 aliphatic rings. The lowest BCUT2D eigenvalue weighted by Gasteiger charge is -2.25. The van der Waals surface area contributed by atoms with Crippen LogP contribution >= 0.6 is 0 Å². The minimum Gasteiger partial charge on any atom is -0.493 e. The van der Waals surface area contributed by atoms with Gasteiger partial charge in [0.2, 0.25) is 10.0 Å². The lowest BCUT2D eigenvalue weighted by Crippen LogP contribution is -2.42. The van der Waals surface area contributed by atoms with Gasteiger partial charge in [-0.2, -0.15) is 9.98 Å². The predicted octanol–water partition coefficient (Wildman–Crippen LogP) is 2.23. The summed E-state index contributed by atoms with van der Waals surface area (Å²) in [5.41, 5.74) is 0.424. The molecule has 1 heterocycles. The Labute approximate surface area is 126 Å². The van der Waals surface area contributed by atoms with Crippen LogP contribution in [0.5, 0.6) is 5.75 Å². The number of benzene rings is 1. The minimum absolute atomic E-state index is 0.177. The number of hydrogen-bond acceptors (Lipinski definition) is 4. The van der Waals surface area contributed by atoms with Crippen LogP contribution in [0.15, 0.2) is 23.1 Å².